The van der Waals surface area contributed by atoms with Crippen molar-refractivity contribution in [3.8, 4) is 55.9 Å². The molecular weight excluding hydrogens is 835 g/mol. The summed E-state index contributed by atoms with van der Waals surface area (Å²) in [5.74, 6) is 0. The van der Waals surface area contributed by atoms with Crippen LogP contribution in [0.4, 0.5) is 17.1 Å². The molecule has 324 valence electrons. The highest BCUT2D eigenvalue weighted by Gasteiger charge is 2.22. The van der Waals surface area contributed by atoms with Gasteiger partial charge in [-0.05, 0) is 118 Å². The molecule has 0 atom stereocenters. The lowest BCUT2D eigenvalue weighted by molar-refractivity contribution is 1.12. The Labute approximate surface area is 401 Å². The number of hydrogen-bond donors (Lipinski definition) is 0. The molecule has 0 aliphatic carbocycles. The second-order valence-corrected chi connectivity index (χ2v) is 17.7. The molecule has 11 aromatic carbocycles. The first kappa shape index (κ1) is 40.1. The van der Waals surface area contributed by atoms with Gasteiger partial charge < -0.3 is 14.0 Å². The van der Waals surface area contributed by atoms with Crippen molar-refractivity contribution in [2.45, 2.75) is 0 Å². The van der Waals surface area contributed by atoms with E-state index in [-0.39, 0.29) is 0 Å². The van der Waals surface area contributed by atoms with Gasteiger partial charge in [0, 0.05) is 32.8 Å². The van der Waals surface area contributed by atoms with E-state index in [0.717, 1.165) is 67.2 Å². The molecule has 0 N–H and O–H groups in total. The first-order valence-electron chi connectivity index (χ1n) is 23.7. The molecule has 0 radical (unpaired) electrons. The fourth-order valence-corrected chi connectivity index (χ4v) is 10.5. The third-order valence-electron chi connectivity index (χ3n) is 13.7. The molecule has 2 aromatic heterocycles. The first-order chi connectivity index (χ1) is 34.2. The van der Waals surface area contributed by atoms with Crippen LogP contribution in [0.3, 0.4) is 0 Å². The highest BCUT2D eigenvalue weighted by Crippen LogP contribution is 2.45. The van der Waals surface area contributed by atoms with E-state index in [9.17, 15) is 0 Å². The van der Waals surface area contributed by atoms with E-state index < -0.39 is 0 Å². The van der Waals surface area contributed by atoms with Gasteiger partial charge in [-0.15, -0.1) is 0 Å². The lowest BCUT2D eigenvalue weighted by Gasteiger charge is -2.29. The van der Waals surface area contributed by atoms with E-state index in [0.29, 0.717) is 0 Å². The summed E-state index contributed by atoms with van der Waals surface area (Å²) in [5.41, 5.74) is 19.4. The van der Waals surface area contributed by atoms with E-state index in [1.54, 1.807) is 0 Å². The topological polar surface area (TPSA) is 13.1 Å². The third-order valence-corrected chi connectivity index (χ3v) is 13.7. The van der Waals surface area contributed by atoms with E-state index in [2.05, 4.69) is 287 Å². The Morgan fingerprint density at radius 2 is 0.580 bits per heavy atom. The second-order valence-electron chi connectivity index (χ2n) is 17.7. The zero-order valence-electron chi connectivity index (χ0n) is 37.8. The Hall–Kier alpha value is -9.18. The maximum Gasteiger partial charge on any atom is 0.0541 e. The predicted octanol–water partition coefficient (Wildman–Crippen LogP) is 18.0. The van der Waals surface area contributed by atoms with E-state index >= 15 is 0 Å². The number of rotatable bonds is 9. The van der Waals surface area contributed by atoms with Crippen molar-refractivity contribution in [3.63, 3.8) is 0 Å². The van der Waals surface area contributed by atoms with Crippen molar-refractivity contribution in [1.82, 2.24) is 9.13 Å². The molecule has 0 fully saturated rings. The van der Waals surface area contributed by atoms with Crippen molar-refractivity contribution in [1.29, 1.82) is 0 Å². The highest BCUT2D eigenvalue weighted by molar-refractivity contribution is 6.11. The van der Waals surface area contributed by atoms with Crippen molar-refractivity contribution in [2.75, 3.05) is 4.90 Å². The number of fused-ring (bicyclic) bond motifs is 6. The molecule has 13 aromatic rings. The van der Waals surface area contributed by atoms with Crippen LogP contribution in [0.5, 0.6) is 0 Å². The minimum Gasteiger partial charge on any atom is -0.310 e. The molecule has 0 spiro atoms. The number of nitrogens with zero attached hydrogens (tertiary/aromatic N) is 3. The van der Waals surface area contributed by atoms with Gasteiger partial charge in [-0.3, -0.25) is 0 Å². The number of para-hydroxylation sites is 5. The van der Waals surface area contributed by atoms with Crippen LogP contribution in [-0.2, 0) is 0 Å². The van der Waals surface area contributed by atoms with Crippen LogP contribution in [0.1, 0.15) is 0 Å². The quantitative estimate of drug-likeness (QED) is 0.141. The molecule has 0 unspecified atom stereocenters. The van der Waals surface area contributed by atoms with Gasteiger partial charge in [0.2, 0.25) is 0 Å². The zero-order chi connectivity index (χ0) is 45.7. The molecule has 0 saturated carbocycles. The summed E-state index contributed by atoms with van der Waals surface area (Å²) in [5, 5.41) is 4.91. The molecule has 0 bridgehead atoms. The van der Waals surface area contributed by atoms with Gasteiger partial charge in [0.15, 0.2) is 0 Å². The molecule has 3 heteroatoms. The Morgan fingerprint density at radius 3 is 1.01 bits per heavy atom. The van der Waals surface area contributed by atoms with Crippen molar-refractivity contribution in [2.24, 2.45) is 0 Å². The second kappa shape index (κ2) is 16.9. The van der Waals surface area contributed by atoms with E-state index in [1.165, 1.54) is 49.4 Å². The minimum absolute atomic E-state index is 1.04. The van der Waals surface area contributed by atoms with Crippen molar-refractivity contribution >= 4 is 60.7 Å². The Balaban J connectivity index is 1.07. The lowest BCUT2D eigenvalue weighted by Crippen LogP contribution is -2.13. The fraction of sp³-hybridized carbons (Fsp3) is 0. The Morgan fingerprint density at radius 1 is 0.232 bits per heavy atom. The third kappa shape index (κ3) is 7.08. The standard InChI is InChI=1S/C66H45N3/c1-4-20-46(21-5-1)50-40-51(47-22-6-2-7-23-47)42-52(41-50)48-36-38-53(39-37-48)67(62-31-15-10-26-57(62)49-24-8-3-9-25-49)54-43-55(68-63-32-16-11-27-58(63)59-28-12-17-33-64(59)68)45-56(44-54)69-65-34-18-13-29-60(65)61-30-14-19-35-66(61)69/h1-45H. The van der Waals surface area contributed by atoms with Gasteiger partial charge in [0.05, 0.1) is 44.8 Å². The molecule has 0 aliphatic heterocycles. The average Bonchev–Trinajstić information content (AvgIpc) is 3.95. The van der Waals surface area contributed by atoms with Gasteiger partial charge in [-0.25, -0.2) is 0 Å². The van der Waals surface area contributed by atoms with Crippen LogP contribution in [0.25, 0.3) is 99.5 Å². The number of anilines is 3. The van der Waals surface area contributed by atoms with Crippen molar-refractivity contribution < 1.29 is 0 Å². The molecular formula is C66H45N3. The number of hydrogen-bond acceptors (Lipinski definition) is 1. The molecule has 0 saturated heterocycles. The summed E-state index contributed by atoms with van der Waals surface area (Å²) in [6.07, 6.45) is 0. The molecule has 0 aliphatic rings. The average molecular weight is 880 g/mol. The van der Waals surface area contributed by atoms with Crippen LogP contribution >= 0.6 is 0 Å². The van der Waals surface area contributed by atoms with Crippen LogP contribution in [-0.4, -0.2) is 9.13 Å². The van der Waals surface area contributed by atoms with Gasteiger partial charge >= 0.3 is 0 Å². The minimum atomic E-state index is 1.04. The lowest BCUT2D eigenvalue weighted by atomic mass is 9.93. The van der Waals surface area contributed by atoms with Gasteiger partial charge in [0.25, 0.3) is 0 Å². The predicted molar refractivity (Wildman–Crippen MR) is 292 cm³/mol. The number of benzene rings is 11. The smallest absolute Gasteiger partial charge is 0.0541 e. The largest absolute Gasteiger partial charge is 0.310 e. The van der Waals surface area contributed by atoms with E-state index in [4.69, 9.17) is 0 Å². The SMILES string of the molecule is c1ccc(-c2cc(-c3ccccc3)cc(-c3ccc(N(c4cc(-n5c6ccccc6c6ccccc65)cc(-n5c6ccccc6c6ccccc65)c4)c4ccccc4-c4ccccc4)cc3)c2)cc1. The molecule has 13 rings (SSSR count). The summed E-state index contributed by atoms with van der Waals surface area (Å²) < 4.78 is 4.89. The van der Waals surface area contributed by atoms with Gasteiger partial charge in [0.1, 0.15) is 0 Å². The van der Waals surface area contributed by atoms with Gasteiger partial charge in [-0.2, -0.15) is 0 Å². The Bertz CT molecular complexity index is 3700. The summed E-state index contributed by atoms with van der Waals surface area (Å²) >= 11 is 0. The maximum atomic E-state index is 2.46. The normalized spacial score (nSPS) is 11.5. The molecule has 3 nitrogen and oxygen atoms in total. The monoisotopic (exact) mass is 879 g/mol. The summed E-state index contributed by atoms with van der Waals surface area (Å²) in [7, 11) is 0. The molecule has 2 heterocycles. The summed E-state index contributed by atoms with van der Waals surface area (Å²) in [6, 6.07) is 99.4. The summed E-state index contributed by atoms with van der Waals surface area (Å²) in [4.78, 5) is 2.46. The Kier molecular flexibility index (Phi) is 9.84. The summed E-state index contributed by atoms with van der Waals surface area (Å²) in [6.45, 7) is 0. The molecule has 0 amide bonds. The van der Waals surface area contributed by atoms with Crippen molar-refractivity contribution in [3.05, 3.63) is 273 Å². The van der Waals surface area contributed by atoms with Crippen LogP contribution < -0.4 is 4.90 Å². The van der Waals surface area contributed by atoms with Gasteiger partial charge in [-0.1, -0.05) is 194 Å². The van der Waals surface area contributed by atoms with E-state index in [1.807, 2.05) is 0 Å². The first-order valence-corrected chi connectivity index (χ1v) is 23.7. The van der Waals surface area contributed by atoms with Crippen LogP contribution in [0, 0.1) is 0 Å². The van der Waals surface area contributed by atoms with Crippen LogP contribution in [0.2, 0.25) is 0 Å². The highest BCUT2D eigenvalue weighted by atomic mass is 15.2. The zero-order valence-corrected chi connectivity index (χ0v) is 37.8. The fourth-order valence-electron chi connectivity index (χ4n) is 10.5. The van der Waals surface area contributed by atoms with Crippen LogP contribution in [0.15, 0.2) is 273 Å². The number of aromatic nitrogens is 2. The maximum absolute atomic E-state index is 2.46. The molecule has 69 heavy (non-hydrogen) atoms.